The molecule has 1 aromatic heterocycles. The minimum atomic E-state index is -0.266. The Bertz CT molecular complexity index is 891. The van der Waals surface area contributed by atoms with Crippen molar-refractivity contribution in [1.82, 2.24) is 10.2 Å². The molecule has 4 rings (SSSR count). The van der Waals surface area contributed by atoms with Crippen LogP contribution in [0.3, 0.4) is 0 Å². The number of rotatable bonds is 5. The minimum absolute atomic E-state index is 0.188. The van der Waals surface area contributed by atoms with Crippen LogP contribution in [0.25, 0.3) is 11.3 Å². The Hall–Kier alpha value is -2.86. The zero-order valence-corrected chi connectivity index (χ0v) is 15.4. The number of nitrogens with zero attached hydrogens (tertiary/aromatic N) is 3. The Morgan fingerprint density at radius 2 is 1.46 bits per heavy atom. The molecule has 2 heterocycles. The van der Waals surface area contributed by atoms with Gasteiger partial charge < -0.3 is 9.64 Å². The normalized spacial score (nSPS) is 15.0. The number of aromatic nitrogens is 2. The maximum atomic E-state index is 13.0. The number of hydrogen-bond donors (Lipinski definition) is 0. The van der Waals surface area contributed by atoms with E-state index in [1.54, 1.807) is 24.3 Å². The molecule has 0 amide bonds. The fourth-order valence-electron chi connectivity index (χ4n) is 3.31. The summed E-state index contributed by atoms with van der Waals surface area (Å²) in [6.45, 7) is 2.19. The Kier molecular flexibility index (Phi) is 5.58. The largest absolute Gasteiger partial charge is 0.373 e. The molecule has 0 unspecified atom stereocenters. The van der Waals surface area contributed by atoms with E-state index >= 15 is 0 Å². The van der Waals surface area contributed by atoms with Crippen molar-refractivity contribution in [2.24, 2.45) is 0 Å². The van der Waals surface area contributed by atoms with E-state index in [4.69, 9.17) is 4.74 Å². The third-order valence-electron chi connectivity index (χ3n) is 4.96. The van der Waals surface area contributed by atoms with Gasteiger partial charge in [-0.25, -0.2) is 8.78 Å². The van der Waals surface area contributed by atoms with E-state index in [1.807, 2.05) is 12.1 Å². The standard InChI is InChI=1S/C22H21F2N3O/c23-18-5-1-16(2-6-18)15-28-20-11-13-27(14-12-20)22-10-9-21(25-26-22)17-3-7-19(24)8-4-17/h1-10,20H,11-15H2. The predicted octanol–water partition coefficient (Wildman–Crippen LogP) is 4.61. The molecule has 0 saturated carbocycles. The average Bonchev–Trinajstić information content (AvgIpc) is 2.74. The fourth-order valence-corrected chi connectivity index (χ4v) is 3.31. The monoisotopic (exact) mass is 381 g/mol. The summed E-state index contributed by atoms with van der Waals surface area (Å²) < 4.78 is 32.0. The Balaban J connectivity index is 1.29. The maximum absolute atomic E-state index is 13.0. The first-order chi connectivity index (χ1) is 13.7. The van der Waals surface area contributed by atoms with Crippen LogP contribution in [0.4, 0.5) is 14.6 Å². The predicted molar refractivity (Wildman–Crippen MR) is 104 cm³/mol. The fraction of sp³-hybridized carbons (Fsp3) is 0.273. The van der Waals surface area contributed by atoms with Gasteiger partial charge in [0.2, 0.25) is 0 Å². The van der Waals surface area contributed by atoms with Crippen molar-refractivity contribution in [3.05, 3.63) is 77.9 Å². The van der Waals surface area contributed by atoms with Crippen molar-refractivity contribution in [1.29, 1.82) is 0 Å². The lowest BCUT2D eigenvalue weighted by Gasteiger charge is -2.32. The molecule has 0 spiro atoms. The van der Waals surface area contributed by atoms with Gasteiger partial charge in [0.1, 0.15) is 11.6 Å². The zero-order valence-electron chi connectivity index (χ0n) is 15.4. The van der Waals surface area contributed by atoms with Crippen LogP contribution in [-0.4, -0.2) is 29.4 Å². The van der Waals surface area contributed by atoms with Crippen molar-refractivity contribution >= 4 is 5.82 Å². The van der Waals surface area contributed by atoms with Crippen molar-refractivity contribution in [3.63, 3.8) is 0 Å². The van der Waals surface area contributed by atoms with Crippen LogP contribution >= 0.6 is 0 Å². The van der Waals surface area contributed by atoms with Crippen LogP contribution in [0.15, 0.2) is 60.7 Å². The third kappa shape index (κ3) is 4.51. The second-order valence-corrected chi connectivity index (χ2v) is 6.91. The van der Waals surface area contributed by atoms with E-state index in [0.717, 1.165) is 48.6 Å². The highest BCUT2D eigenvalue weighted by Crippen LogP contribution is 2.22. The van der Waals surface area contributed by atoms with Gasteiger partial charge in [0.25, 0.3) is 0 Å². The summed E-state index contributed by atoms with van der Waals surface area (Å²) in [4.78, 5) is 2.19. The van der Waals surface area contributed by atoms with E-state index in [1.165, 1.54) is 24.3 Å². The lowest BCUT2D eigenvalue weighted by molar-refractivity contribution is 0.0250. The second kappa shape index (κ2) is 8.44. The average molecular weight is 381 g/mol. The highest BCUT2D eigenvalue weighted by molar-refractivity contribution is 5.59. The topological polar surface area (TPSA) is 38.2 Å². The molecule has 0 radical (unpaired) electrons. The number of anilines is 1. The lowest BCUT2D eigenvalue weighted by Crippen LogP contribution is -2.37. The molecule has 1 saturated heterocycles. The number of ether oxygens (including phenoxy) is 1. The van der Waals surface area contributed by atoms with E-state index in [0.29, 0.717) is 6.61 Å². The van der Waals surface area contributed by atoms with Gasteiger partial charge in [0, 0.05) is 18.7 Å². The molecule has 1 fully saturated rings. The van der Waals surface area contributed by atoms with Gasteiger partial charge in [-0.1, -0.05) is 12.1 Å². The molecule has 1 aliphatic heterocycles. The molecule has 1 aliphatic rings. The number of halogens is 2. The van der Waals surface area contributed by atoms with Gasteiger partial charge >= 0.3 is 0 Å². The van der Waals surface area contributed by atoms with Gasteiger partial charge in [0.15, 0.2) is 5.82 Å². The summed E-state index contributed by atoms with van der Waals surface area (Å²) >= 11 is 0. The van der Waals surface area contributed by atoms with Gasteiger partial charge in [-0.3, -0.25) is 0 Å². The van der Waals surface area contributed by atoms with Crippen LogP contribution in [0.1, 0.15) is 18.4 Å². The molecule has 0 N–H and O–H groups in total. The SMILES string of the molecule is Fc1ccc(COC2CCN(c3ccc(-c4ccc(F)cc4)nn3)CC2)cc1. The minimum Gasteiger partial charge on any atom is -0.373 e. The van der Waals surface area contributed by atoms with Crippen LogP contribution in [-0.2, 0) is 11.3 Å². The summed E-state index contributed by atoms with van der Waals surface area (Å²) in [5.41, 5.74) is 2.54. The highest BCUT2D eigenvalue weighted by Gasteiger charge is 2.21. The number of benzene rings is 2. The Labute approximate surface area is 162 Å². The van der Waals surface area contributed by atoms with Gasteiger partial charge in [0.05, 0.1) is 18.4 Å². The third-order valence-corrected chi connectivity index (χ3v) is 4.96. The molecule has 0 bridgehead atoms. The smallest absolute Gasteiger partial charge is 0.151 e. The first-order valence-electron chi connectivity index (χ1n) is 9.38. The van der Waals surface area contributed by atoms with Crippen molar-refractivity contribution in [2.45, 2.75) is 25.6 Å². The number of piperidine rings is 1. The molecule has 4 nitrogen and oxygen atoms in total. The quantitative estimate of drug-likeness (QED) is 0.647. The van der Waals surface area contributed by atoms with Gasteiger partial charge in [-0.15, -0.1) is 10.2 Å². The molecule has 6 heteroatoms. The van der Waals surface area contributed by atoms with Crippen LogP contribution in [0, 0.1) is 11.6 Å². The molecule has 28 heavy (non-hydrogen) atoms. The van der Waals surface area contributed by atoms with E-state index in [2.05, 4.69) is 15.1 Å². The van der Waals surface area contributed by atoms with Crippen LogP contribution in [0.5, 0.6) is 0 Å². The molecular weight excluding hydrogens is 360 g/mol. The Morgan fingerprint density at radius 1 is 0.821 bits per heavy atom. The van der Waals surface area contributed by atoms with E-state index in [-0.39, 0.29) is 17.7 Å². The summed E-state index contributed by atoms with van der Waals surface area (Å²) in [7, 11) is 0. The summed E-state index contributed by atoms with van der Waals surface area (Å²) in [6.07, 6.45) is 2.00. The summed E-state index contributed by atoms with van der Waals surface area (Å²) in [6, 6.07) is 16.5. The van der Waals surface area contributed by atoms with E-state index in [9.17, 15) is 8.78 Å². The summed E-state index contributed by atoms with van der Waals surface area (Å²) in [5, 5.41) is 8.61. The van der Waals surface area contributed by atoms with Crippen molar-refractivity contribution < 1.29 is 13.5 Å². The summed E-state index contributed by atoms with van der Waals surface area (Å²) in [5.74, 6) is 0.337. The second-order valence-electron chi connectivity index (χ2n) is 6.91. The molecule has 3 aromatic rings. The lowest BCUT2D eigenvalue weighted by atomic mass is 10.1. The Morgan fingerprint density at radius 3 is 2.07 bits per heavy atom. The van der Waals surface area contributed by atoms with Gasteiger partial charge in [-0.05, 0) is 66.9 Å². The molecule has 2 aromatic carbocycles. The maximum Gasteiger partial charge on any atom is 0.151 e. The number of hydrogen-bond acceptors (Lipinski definition) is 4. The molecular formula is C22H21F2N3O. The van der Waals surface area contributed by atoms with Gasteiger partial charge in [-0.2, -0.15) is 0 Å². The first kappa shape index (κ1) is 18.5. The van der Waals surface area contributed by atoms with E-state index < -0.39 is 0 Å². The van der Waals surface area contributed by atoms with Crippen molar-refractivity contribution in [3.8, 4) is 11.3 Å². The molecule has 0 atom stereocenters. The molecule has 0 aliphatic carbocycles. The van der Waals surface area contributed by atoms with Crippen LogP contribution < -0.4 is 4.90 Å². The highest BCUT2D eigenvalue weighted by atomic mass is 19.1. The zero-order chi connectivity index (χ0) is 19.3. The molecule has 144 valence electrons. The van der Waals surface area contributed by atoms with Crippen molar-refractivity contribution in [2.75, 3.05) is 18.0 Å². The van der Waals surface area contributed by atoms with Crippen LogP contribution in [0.2, 0.25) is 0 Å². The first-order valence-corrected chi connectivity index (χ1v) is 9.38.